The summed E-state index contributed by atoms with van der Waals surface area (Å²) in [6.45, 7) is 2.82. The first-order valence-corrected chi connectivity index (χ1v) is 4.77. The lowest BCUT2D eigenvalue weighted by atomic mass is 10.3. The maximum atomic E-state index is 13.0. The maximum absolute atomic E-state index is 13.0. The standard InChI is InChI=1S/C11H12F2O3/c1-7(2)16-10(14)6-15-11-8(12)4-3-5-9(11)13/h3-5,7H,6H2,1-2H3. The molecule has 16 heavy (non-hydrogen) atoms. The summed E-state index contributed by atoms with van der Waals surface area (Å²) in [7, 11) is 0. The smallest absolute Gasteiger partial charge is 0.344 e. The van der Waals surface area contributed by atoms with Crippen LogP contribution in [0.3, 0.4) is 0 Å². The predicted octanol–water partition coefficient (Wildman–Crippen LogP) is 2.30. The second-order valence-electron chi connectivity index (χ2n) is 3.38. The van der Waals surface area contributed by atoms with Crippen LogP contribution < -0.4 is 4.74 Å². The van der Waals surface area contributed by atoms with Crippen molar-refractivity contribution in [3.63, 3.8) is 0 Å². The molecule has 0 heterocycles. The van der Waals surface area contributed by atoms with Gasteiger partial charge in [-0.15, -0.1) is 0 Å². The lowest BCUT2D eigenvalue weighted by Crippen LogP contribution is -2.19. The SMILES string of the molecule is CC(C)OC(=O)COc1c(F)cccc1F. The van der Waals surface area contributed by atoms with Crippen molar-refractivity contribution in [2.24, 2.45) is 0 Å². The summed E-state index contributed by atoms with van der Waals surface area (Å²) in [6, 6.07) is 3.31. The average Bonchev–Trinajstić information content (AvgIpc) is 2.15. The third kappa shape index (κ3) is 3.49. The Hall–Kier alpha value is -1.65. The number of benzene rings is 1. The number of halogens is 2. The minimum Gasteiger partial charge on any atom is -0.476 e. The van der Waals surface area contributed by atoms with Gasteiger partial charge in [-0.05, 0) is 26.0 Å². The third-order valence-corrected chi connectivity index (χ3v) is 1.62. The van der Waals surface area contributed by atoms with Crippen LogP contribution in [0, 0.1) is 11.6 Å². The summed E-state index contributed by atoms with van der Waals surface area (Å²) in [4.78, 5) is 11.1. The first kappa shape index (κ1) is 12.4. The summed E-state index contributed by atoms with van der Waals surface area (Å²) in [6.07, 6.45) is -0.290. The molecule has 0 aromatic heterocycles. The van der Waals surface area contributed by atoms with Gasteiger partial charge in [-0.2, -0.15) is 0 Å². The Balaban J connectivity index is 2.58. The highest BCUT2D eigenvalue weighted by Gasteiger charge is 2.12. The fourth-order valence-corrected chi connectivity index (χ4v) is 1.05. The van der Waals surface area contributed by atoms with Crippen LogP contribution in [0.1, 0.15) is 13.8 Å². The van der Waals surface area contributed by atoms with Gasteiger partial charge in [-0.1, -0.05) is 6.07 Å². The van der Waals surface area contributed by atoms with Crippen LogP contribution in [0.4, 0.5) is 8.78 Å². The van der Waals surface area contributed by atoms with E-state index in [0.717, 1.165) is 12.1 Å². The maximum Gasteiger partial charge on any atom is 0.344 e. The molecule has 0 radical (unpaired) electrons. The molecular weight excluding hydrogens is 218 g/mol. The Labute approximate surface area is 92.0 Å². The third-order valence-electron chi connectivity index (χ3n) is 1.62. The zero-order valence-corrected chi connectivity index (χ0v) is 9.00. The molecule has 0 aliphatic carbocycles. The topological polar surface area (TPSA) is 35.5 Å². The van der Waals surface area contributed by atoms with Gasteiger partial charge < -0.3 is 9.47 Å². The van der Waals surface area contributed by atoms with Crippen LogP contribution in [0.15, 0.2) is 18.2 Å². The molecule has 88 valence electrons. The predicted molar refractivity (Wildman–Crippen MR) is 53.1 cm³/mol. The van der Waals surface area contributed by atoms with Gasteiger partial charge in [0.25, 0.3) is 0 Å². The van der Waals surface area contributed by atoms with Crippen molar-refractivity contribution in [3.05, 3.63) is 29.8 Å². The first-order valence-electron chi connectivity index (χ1n) is 4.77. The Bertz CT molecular complexity index is 357. The molecule has 0 saturated heterocycles. The van der Waals surface area contributed by atoms with Gasteiger partial charge in [0.1, 0.15) is 0 Å². The lowest BCUT2D eigenvalue weighted by Gasteiger charge is -2.10. The highest BCUT2D eigenvalue weighted by molar-refractivity contribution is 5.71. The van der Waals surface area contributed by atoms with E-state index < -0.39 is 30.0 Å². The van der Waals surface area contributed by atoms with Crippen LogP contribution in [-0.2, 0) is 9.53 Å². The van der Waals surface area contributed by atoms with Crippen molar-refractivity contribution in [1.82, 2.24) is 0 Å². The quantitative estimate of drug-likeness (QED) is 0.744. The minimum atomic E-state index is -0.850. The molecule has 1 aromatic carbocycles. The van der Waals surface area contributed by atoms with E-state index in [1.54, 1.807) is 13.8 Å². The largest absolute Gasteiger partial charge is 0.476 e. The summed E-state index contributed by atoms with van der Waals surface area (Å²) in [5.74, 6) is -2.93. The molecule has 0 amide bonds. The van der Waals surface area contributed by atoms with E-state index in [-0.39, 0.29) is 6.10 Å². The molecular formula is C11H12F2O3. The van der Waals surface area contributed by atoms with Gasteiger partial charge in [-0.25, -0.2) is 13.6 Å². The van der Waals surface area contributed by atoms with Crippen LogP contribution in [-0.4, -0.2) is 18.7 Å². The van der Waals surface area contributed by atoms with E-state index in [1.807, 2.05) is 0 Å². The number of ether oxygens (including phenoxy) is 2. The molecule has 0 fully saturated rings. The van der Waals surface area contributed by atoms with E-state index >= 15 is 0 Å². The summed E-state index contributed by atoms with van der Waals surface area (Å²) in [5.41, 5.74) is 0. The number of carbonyl (C=O) groups excluding carboxylic acids is 1. The van der Waals surface area contributed by atoms with Crippen molar-refractivity contribution < 1.29 is 23.0 Å². The van der Waals surface area contributed by atoms with E-state index in [1.165, 1.54) is 6.07 Å². The molecule has 1 aromatic rings. The van der Waals surface area contributed by atoms with Gasteiger partial charge in [-0.3, -0.25) is 0 Å². The molecule has 0 atom stereocenters. The molecule has 3 nitrogen and oxygen atoms in total. The molecule has 0 spiro atoms. The van der Waals surface area contributed by atoms with Crippen LogP contribution in [0.25, 0.3) is 0 Å². The van der Waals surface area contributed by atoms with Gasteiger partial charge >= 0.3 is 5.97 Å². The Morgan fingerprint density at radius 3 is 2.38 bits per heavy atom. The number of para-hydroxylation sites is 1. The monoisotopic (exact) mass is 230 g/mol. The zero-order chi connectivity index (χ0) is 12.1. The first-order chi connectivity index (χ1) is 7.50. The van der Waals surface area contributed by atoms with Gasteiger partial charge in [0.2, 0.25) is 0 Å². The molecule has 0 N–H and O–H groups in total. The Kier molecular flexibility index (Phi) is 4.22. The summed E-state index contributed by atoms with van der Waals surface area (Å²) in [5, 5.41) is 0. The van der Waals surface area contributed by atoms with Crippen molar-refractivity contribution >= 4 is 5.97 Å². The summed E-state index contributed by atoms with van der Waals surface area (Å²) >= 11 is 0. The fraction of sp³-hybridized carbons (Fsp3) is 0.364. The Morgan fingerprint density at radius 2 is 1.88 bits per heavy atom. The van der Waals surface area contributed by atoms with Gasteiger partial charge in [0.15, 0.2) is 24.0 Å². The highest BCUT2D eigenvalue weighted by atomic mass is 19.1. The van der Waals surface area contributed by atoms with Crippen molar-refractivity contribution in [3.8, 4) is 5.75 Å². The van der Waals surface area contributed by atoms with Crippen molar-refractivity contribution in [2.45, 2.75) is 20.0 Å². The molecule has 1 rings (SSSR count). The number of esters is 1. The van der Waals surface area contributed by atoms with Gasteiger partial charge in [0, 0.05) is 0 Å². The number of hydrogen-bond acceptors (Lipinski definition) is 3. The molecule has 0 saturated carbocycles. The van der Waals surface area contributed by atoms with E-state index in [0.29, 0.717) is 0 Å². The number of rotatable bonds is 4. The van der Waals surface area contributed by atoms with E-state index in [4.69, 9.17) is 9.47 Å². The molecule has 5 heteroatoms. The summed E-state index contributed by atoms with van der Waals surface area (Å²) < 4.78 is 35.5. The second kappa shape index (κ2) is 5.44. The van der Waals surface area contributed by atoms with Gasteiger partial charge in [0.05, 0.1) is 6.10 Å². The average molecular weight is 230 g/mol. The zero-order valence-electron chi connectivity index (χ0n) is 9.00. The fourth-order valence-electron chi connectivity index (χ4n) is 1.05. The molecule has 0 bridgehead atoms. The van der Waals surface area contributed by atoms with Crippen molar-refractivity contribution in [2.75, 3.05) is 6.61 Å². The second-order valence-corrected chi connectivity index (χ2v) is 3.38. The molecule has 0 aliphatic rings. The highest BCUT2D eigenvalue weighted by Crippen LogP contribution is 2.20. The van der Waals surface area contributed by atoms with Crippen molar-refractivity contribution in [1.29, 1.82) is 0 Å². The van der Waals surface area contributed by atoms with Crippen LogP contribution in [0.2, 0.25) is 0 Å². The molecule has 0 aliphatic heterocycles. The normalized spacial score (nSPS) is 10.3. The lowest BCUT2D eigenvalue weighted by molar-refractivity contribution is -0.149. The molecule has 0 unspecified atom stereocenters. The Morgan fingerprint density at radius 1 is 1.31 bits per heavy atom. The van der Waals surface area contributed by atoms with Crippen LogP contribution in [0.5, 0.6) is 5.75 Å². The number of hydrogen-bond donors (Lipinski definition) is 0. The van der Waals surface area contributed by atoms with E-state index in [2.05, 4.69) is 0 Å². The number of carbonyl (C=O) groups is 1. The minimum absolute atomic E-state index is 0.290. The van der Waals surface area contributed by atoms with E-state index in [9.17, 15) is 13.6 Å². The van der Waals surface area contributed by atoms with Crippen LogP contribution >= 0.6 is 0 Å².